The molecule has 0 fully saturated rings. The largest absolute Gasteiger partial charge is 0.458 e. The topological polar surface area (TPSA) is 157 Å². The van der Waals surface area contributed by atoms with Crippen molar-refractivity contribution in [3.8, 4) is 5.75 Å². The molecule has 0 aromatic heterocycles. The first kappa shape index (κ1) is 22.7. The third-order valence-corrected chi connectivity index (χ3v) is 2.57. The van der Waals surface area contributed by atoms with E-state index in [1.54, 1.807) is 20.8 Å². The summed E-state index contributed by atoms with van der Waals surface area (Å²) in [5.41, 5.74) is 7.42. The Bertz CT molecular complexity index is 691. The van der Waals surface area contributed by atoms with Gasteiger partial charge in [0.05, 0.1) is 11.5 Å². The average molecular weight is 367 g/mol. The Hall–Kier alpha value is -3.33. The Morgan fingerprint density at radius 2 is 1.92 bits per heavy atom. The molecule has 0 saturated carbocycles. The Morgan fingerprint density at radius 3 is 2.38 bits per heavy atom. The maximum Gasteiger partial charge on any atom is 0.413 e. The van der Waals surface area contributed by atoms with Crippen LogP contribution in [0.15, 0.2) is 29.4 Å². The molecule has 0 radical (unpaired) electrons. The van der Waals surface area contributed by atoms with E-state index in [-0.39, 0.29) is 25.4 Å². The molecule has 0 spiro atoms. The zero-order chi connectivity index (χ0) is 19.0. The van der Waals surface area contributed by atoms with Crippen LogP contribution in [-0.2, 0) is 9.53 Å². The molecule has 1 aromatic rings. The Morgan fingerprint density at radius 1 is 1.35 bits per heavy atom. The van der Waals surface area contributed by atoms with Crippen LogP contribution in [0, 0.1) is 10.1 Å². The first-order chi connectivity index (χ1) is 11.6. The molecule has 0 aliphatic carbocycles. The smallest absolute Gasteiger partial charge is 0.413 e. The van der Waals surface area contributed by atoms with Crippen molar-refractivity contribution in [1.82, 2.24) is 5.32 Å². The highest BCUT2D eigenvalue weighted by Gasteiger charge is 2.27. The van der Waals surface area contributed by atoms with E-state index in [1.807, 2.05) is 0 Å². The van der Waals surface area contributed by atoms with Crippen molar-refractivity contribution in [2.24, 2.45) is 5.11 Å². The van der Waals surface area contributed by atoms with Crippen LogP contribution in [0.25, 0.3) is 10.4 Å². The van der Waals surface area contributed by atoms with Crippen LogP contribution in [0.3, 0.4) is 0 Å². The highest BCUT2D eigenvalue weighted by Crippen LogP contribution is 2.17. The average Bonchev–Trinajstić information content (AvgIpc) is 2.50. The van der Waals surface area contributed by atoms with Crippen LogP contribution in [0.4, 0.5) is 10.5 Å². The van der Waals surface area contributed by atoms with E-state index in [4.69, 9.17) is 15.0 Å². The van der Waals surface area contributed by atoms with E-state index in [2.05, 4.69) is 15.3 Å². The summed E-state index contributed by atoms with van der Waals surface area (Å²) in [6, 6.07) is 3.55. The van der Waals surface area contributed by atoms with Crippen LogP contribution in [0.1, 0.15) is 28.2 Å². The van der Waals surface area contributed by atoms with E-state index in [0.29, 0.717) is 0 Å². The first-order valence-corrected chi connectivity index (χ1v) is 7.09. The van der Waals surface area contributed by atoms with Crippen molar-refractivity contribution in [3.63, 3.8) is 0 Å². The third-order valence-electron chi connectivity index (χ3n) is 2.57. The first-order valence-electron chi connectivity index (χ1n) is 7.09. The number of nitrogens with one attached hydrogen (secondary N) is 1. The lowest BCUT2D eigenvalue weighted by molar-refractivity contribution is -0.384. The predicted octanol–water partition coefficient (Wildman–Crippen LogP) is 3.34. The number of carbonyl (C=O) groups excluding carboxylic acids is 2. The number of hydrogen-bond acceptors (Lipinski definition) is 7. The SMILES string of the molecule is C.CC(C)(C)OC(=O)[C@@H](CN=[N+]=[N-])NC(=O)Oc1ccc([N+](=O)[O-])cc1. The highest BCUT2D eigenvalue weighted by molar-refractivity contribution is 5.82. The number of benzene rings is 1. The Balaban J connectivity index is 0.00000625. The van der Waals surface area contributed by atoms with Crippen LogP contribution in [-0.4, -0.2) is 35.2 Å². The normalized spacial score (nSPS) is 11.2. The van der Waals surface area contributed by atoms with Crippen molar-refractivity contribution in [3.05, 3.63) is 44.8 Å². The minimum atomic E-state index is -1.24. The predicted molar refractivity (Wildman–Crippen MR) is 92.6 cm³/mol. The molecule has 1 N–H and O–H groups in total. The number of hydrogen-bond donors (Lipinski definition) is 1. The number of nitro benzene ring substituents is 1. The number of nitrogens with zero attached hydrogens (tertiary/aromatic N) is 4. The van der Waals surface area contributed by atoms with Crippen molar-refractivity contribution in [2.75, 3.05) is 6.54 Å². The molecule has 1 rings (SSSR count). The molecule has 1 aromatic carbocycles. The highest BCUT2D eigenvalue weighted by atomic mass is 16.6. The molecular formula is C15H21N5O6. The lowest BCUT2D eigenvalue weighted by Gasteiger charge is -2.23. The molecule has 0 heterocycles. The summed E-state index contributed by atoms with van der Waals surface area (Å²) in [6.45, 7) is 4.57. The molecule has 0 aliphatic heterocycles. The second-order valence-electron chi connectivity index (χ2n) is 5.78. The summed E-state index contributed by atoms with van der Waals surface area (Å²) in [4.78, 5) is 36.4. The van der Waals surface area contributed by atoms with E-state index in [9.17, 15) is 19.7 Å². The minimum Gasteiger partial charge on any atom is -0.458 e. The van der Waals surface area contributed by atoms with Crippen molar-refractivity contribution in [1.29, 1.82) is 0 Å². The second kappa shape index (κ2) is 9.84. The number of esters is 1. The van der Waals surface area contributed by atoms with Gasteiger partial charge in [-0.2, -0.15) is 0 Å². The van der Waals surface area contributed by atoms with E-state index in [1.165, 1.54) is 12.1 Å². The van der Waals surface area contributed by atoms with Gasteiger partial charge in [0.15, 0.2) is 0 Å². The van der Waals surface area contributed by atoms with Crippen molar-refractivity contribution >= 4 is 17.7 Å². The van der Waals surface area contributed by atoms with Gasteiger partial charge in [0.2, 0.25) is 0 Å². The second-order valence-corrected chi connectivity index (χ2v) is 5.78. The van der Waals surface area contributed by atoms with Gasteiger partial charge in [-0.1, -0.05) is 12.5 Å². The quantitative estimate of drug-likeness (QED) is 0.203. The van der Waals surface area contributed by atoms with Gasteiger partial charge < -0.3 is 14.8 Å². The zero-order valence-electron chi connectivity index (χ0n) is 13.8. The molecule has 0 unspecified atom stereocenters. The molecule has 0 aliphatic rings. The number of nitro groups is 1. The number of ether oxygens (including phenoxy) is 2. The van der Waals surface area contributed by atoms with Crippen molar-refractivity contribution < 1.29 is 24.0 Å². The van der Waals surface area contributed by atoms with E-state index < -0.39 is 28.6 Å². The molecule has 0 saturated heterocycles. The fourth-order valence-corrected chi connectivity index (χ4v) is 1.58. The summed E-state index contributed by atoms with van der Waals surface area (Å²) < 4.78 is 10.0. The summed E-state index contributed by atoms with van der Waals surface area (Å²) in [5.74, 6) is -0.754. The molecule has 1 amide bonds. The molecular weight excluding hydrogens is 346 g/mol. The van der Waals surface area contributed by atoms with Crippen LogP contribution in [0.5, 0.6) is 5.75 Å². The summed E-state index contributed by atoms with van der Waals surface area (Å²) >= 11 is 0. The summed E-state index contributed by atoms with van der Waals surface area (Å²) in [6.07, 6.45) is -1.00. The number of amides is 1. The number of non-ortho nitro benzene ring substituents is 1. The van der Waals surface area contributed by atoms with Crippen LogP contribution >= 0.6 is 0 Å². The number of azide groups is 1. The van der Waals surface area contributed by atoms with Gasteiger partial charge >= 0.3 is 12.1 Å². The van der Waals surface area contributed by atoms with Crippen LogP contribution in [0.2, 0.25) is 0 Å². The third kappa shape index (κ3) is 7.97. The number of carbonyl (C=O) groups is 2. The van der Waals surface area contributed by atoms with Gasteiger partial charge in [0.1, 0.15) is 17.4 Å². The molecule has 11 nitrogen and oxygen atoms in total. The van der Waals surface area contributed by atoms with Gasteiger partial charge in [-0.05, 0) is 38.4 Å². The van der Waals surface area contributed by atoms with Gasteiger partial charge in [0.25, 0.3) is 5.69 Å². The lowest BCUT2D eigenvalue weighted by Crippen LogP contribution is -2.47. The van der Waals surface area contributed by atoms with E-state index >= 15 is 0 Å². The van der Waals surface area contributed by atoms with E-state index in [0.717, 1.165) is 12.1 Å². The Kier molecular flexibility index (Phi) is 8.58. The standard InChI is InChI=1S/C14H17N5O6.CH4/c1-14(2,3)25-12(20)11(8-16-18-15)17-13(21)24-10-6-4-9(5-7-10)19(22)23;/h4-7,11H,8H2,1-3H3,(H,17,21);1H4/t11-;/m1./s1. The zero-order valence-corrected chi connectivity index (χ0v) is 13.8. The molecule has 142 valence electrons. The molecule has 11 heteroatoms. The van der Waals surface area contributed by atoms with Gasteiger partial charge in [-0.15, -0.1) is 0 Å². The van der Waals surface area contributed by atoms with Gasteiger partial charge in [-0.3, -0.25) is 10.1 Å². The van der Waals surface area contributed by atoms with Crippen LogP contribution < -0.4 is 10.1 Å². The fourth-order valence-electron chi connectivity index (χ4n) is 1.58. The lowest BCUT2D eigenvalue weighted by atomic mass is 10.2. The fraction of sp³-hybridized carbons (Fsp3) is 0.467. The maximum absolute atomic E-state index is 12.0. The maximum atomic E-state index is 12.0. The molecule has 0 bridgehead atoms. The molecule has 1 atom stereocenters. The number of rotatable bonds is 6. The van der Waals surface area contributed by atoms with Crippen molar-refractivity contribution in [2.45, 2.75) is 39.8 Å². The monoisotopic (exact) mass is 367 g/mol. The Labute approximate surface area is 150 Å². The molecule has 26 heavy (non-hydrogen) atoms. The summed E-state index contributed by atoms with van der Waals surface area (Å²) in [7, 11) is 0. The summed E-state index contributed by atoms with van der Waals surface area (Å²) in [5, 5.41) is 16.0. The minimum absolute atomic E-state index is 0. The van der Waals surface area contributed by atoms with Gasteiger partial charge in [0, 0.05) is 17.0 Å². The van der Waals surface area contributed by atoms with Gasteiger partial charge in [-0.25, -0.2) is 9.59 Å².